The van der Waals surface area contributed by atoms with Crippen LogP contribution >= 0.6 is 0 Å². The SMILES string of the molecule is CCCCCCCC/C=C\CCCCCCCCCCCCOCC1COC(C)(C)O1. The fourth-order valence-electron chi connectivity index (χ4n) is 4.22. The number of hydrogen-bond donors (Lipinski definition) is 0. The standard InChI is InChI=1S/C28H54O3/c1-4-5-6-7-8-9-10-11-12-13-14-15-16-17-18-19-20-21-22-23-24-29-25-27-26-30-28(2,3)31-27/h11-12,27H,4-10,13-26H2,1-3H3/b12-11-. The average molecular weight is 439 g/mol. The number of unbranched alkanes of at least 4 members (excludes halogenated alkanes) is 16. The molecule has 0 N–H and O–H groups in total. The third-order valence-electron chi connectivity index (χ3n) is 6.17. The lowest BCUT2D eigenvalue weighted by Gasteiger charge is -2.17. The van der Waals surface area contributed by atoms with E-state index < -0.39 is 5.79 Å². The van der Waals surface area contributed by atoms with E-state index in [1.54, 1.807) is 0 Å². The van der Waals surface area contributed by atoms with Crippen LogP contribution in [0.15, 0.2) is 12.2 Å². The molecule has 1 rings (SSSR count). The molecule has 1 heterocycles. The van der Waals surface area contributed by atoms with Crippen LogP contribution in [-0.2, 0) is 14.2 Å². The molecule has 0 bridgehead atoms. The van der Waals surface area contributed by atoms with Gasteiger partial charge in [0.15, 0.2) is 5.79 Å². The Morgan fingerprint density at radius 2 is 1.19 bits per heavy atom. The van der Waals surface area contributed by atoms with Crippen LogP contribution in [0.1, 0.15) is 136 Å². The van der Waals surface area contributed by atoms with E-state index in [0.717, 1.165) is 6.61 Å². The molecular formula is C28H54O3. The maximum Gasteiger partial charge on any atom is 0.163 e. The summed E-state index contributed by atoms with van der Waals surface area (Å²) in [7, 11) is 0. The van der Waals surface area contributed by atoms with Crippen LogP contribution in [0.4, 0.5) is 0 Å². The van der Waals surface area contributed by atoms with Crippen molar-refractivity contribution < 1.29 is 14.2 Å². The second-order valence-corrected chi connectivity index (χ2v) is 9.88. The highest BCUT2D eigenvalue weighted by molar-refractivity contribution is 4.81. The van der Waals surface area contributed by atoms with Crippen molar-refractivity contribution in [2.45, 2.75) is 148 Å². The molecule has 0 aromatic heterocycles. The third-order valence-corrected chi connectivity index (χ3v) is 6.17. The van der Waals surface area contributed by atoms with Gasteiger partial charge in [-0.1, -0.05) is 103 Å². The Labute approximate surface area is 194 Å². The quantitative estimate of drug-likeness (QED) is 0.125. The third kappa shape index (κ3) is 18.9. The van der Waals surface area contributed by atoms with Gasteiger partial charge in [0.05, 0.1) is 13.2 Å². The molecule has 1 aliphatic heterocycles. The lowest BCUT2D eigenvalue weighted by molar-refractivity contribution is -0.145. The monoisotopic (exact) mass is 438 g/mol. The Kier molecular flexibility index (Phi) is 18.7. The summed E-state index contributed by atoms with van der Waals surface area (Å²) in [6.45, 7) is 8.38. The van der Waals surface area contributed by atoms with Crippen molar-refractivity contribution in [3.63, 3.8) is 0 Å². The lowest BCUT2D eigenvalue weighted by atomic mass is 10.1. The minimum absolute atomic E-state index is 0.108. The Morgan fingerprint density at radius 3 is 1.68 bits per heavy atom. The van der Waals surface area contributed by atoms with E-state index >= 15 is 0 Å². The summed E-state index contributed by atoms with van der Waals surface area (Å²) in [5.74, 6) is -0.433. The van der Waals surface area contributed by atoms with Gasteiger partial charge in [0.25, 0.3) is 0 Å². The van der Waals surface area contributed by atoms with Gasteiger partial charge in [-0.25, -0.2) is 0 Å². The summed E-state index contributed by atoms with van der Waals surface area (Å²) < 4.78 is 17.0. The Balaban J connectivity index is 1.69. The number of ether oxygens (including phenoxy) is 3. The number of allylic oxidation sites excluding steroid dienone is 2. The molecule has 3 heteroatoms. The van der Waals surface area contributed by atoms with E-state index in [4.69, 9.17) is 14.2 Å². The van der Waals surface area contributed by atoms with Crippen LogP contribution < -0.4 is 0 Å². The Morgan fingerprint density at radius 1 is 0.710 bits per heavy atom. The van der Waals surface area contributed by atoms with Crippen molar-refractivity contribution in [3.8, 4) is 0 Å². The van der Waals surface area contributed by atoms with Crippen molar-refractivity contribution >= 4 is 0 Å². The van der Waals surface area contributed by atoms with Crippen molar-refractivity contribution in [1.29, 1.82) is 0 Å². The molecule has 0 aromatic carbocycles. The number of rotatable bonds is 22. The number of hydrogen-bond acceptors (Lipinski definition) is 3. The zero-order valence-corrected chi connectivity index (χ0v) is 21.3. The topological polar surface area (TPSA) is 27.7 Å². The van der Waals surface area contributed by atoms with E-state index in [-0.39, 0.29) is 6.10 Å². The summed E-state index contributed by atoms with van der Waals surface area (Å²) >= 11 is 0. The van der Waals surface area contributed by atoms with E-state index in [9.17, 15) is 0 Å². The van der Waals surface area contributed by atoms with Gasteiger partial charge in [-0.3, -0.25) is 0 Å². The summed E-state index contributed by atoms with van der Waals surface area (Å²) in [6, 6.07) is 0. The first kappa shape index (κ1) is 28.7. The highest BCUT2D eigenvalue weighted by Gasteiger charge is 2.32. The molecule has 1 fully saturated rings. The van der Waals surface area contributed by atoms with Crippen LogP contribution in [0.5, 0.6) is 0 Å². The molecule has 0 aromatic rings. The van der Waals surface area contributed by atoms with E-state index in [0.29, 0.717) is 13.2 Å². The average Bonchev–Trinajstić information content (AvgIpc) is 3.10. The molecule has 1 unspecified atom stereocenters. The molecular weight excluding hydrogens is 384 g/mol. The Hall–Kier alpha value is -0.380. The highest BCUT2D eigenvalue weighted by atomic mass is 16.7. The molecule has 1 aliphatic rings. The summed E-state index contributed by atoms with van der Waals surface area (Å²) in [4.78, 5) is 0. The van der Waals surface area contributed by atoms with Gasteiger partial charge < -0.3 is 14.2 Å². The molecule has 31 heavy (non-hydrogen) atoms. The predicted molar refractivity (Wildman–Crippen MR) is 134 cm³/mol. The summed E-state index contributed by atoms with van der Waals surface area (Å²) in [5, 5.41) is 0. The summed E-state index contributed by atoms with van der Waals surface area (Å²) in [5.41, 5.74) is 0. The molecule has 0 radical (unpaired) electrons. The van der Waals surface area contributed by atoms with Crippen molar-refractivity contribution in [2.24, 2.45) is 0 Å². The van der Waals surface area contributed by atoms with Gasteiger partial charge in [-0.05, 0) is 46.0 Å². The van der Waals surface area contributed by atoms with Gasteiger partial charge in [-0.2, -0.15) is 0 Å². The van der Waals surface area contributed by atoms with E-state index in [1.807, 2.05) is 13.8 Å². The predicted octanol–water partition coefficient (Wildman–Crippen LogP) is 8.75. The molecule has 0 saturated carbocycles. The summed E-state index contributed by atoms with van der Waals surface area (Å²) in [6.07, 6.45) is 29.6. The highest BCUT2D eigenvalue weighted by Crippen LogP contribution is 2.22. The maximum absolute atomic E-state index is 5.75. The fraction of sp³-hybridized carbons (Fsp3) is 0.929. The molecule has 0 aliphatic carbocycles. The molecule has 0 spiro atoms. The first-order valence-electron chi connectivity index (χ1n) is 13.7. The Bertz CT molecular complexity index is 405. The van der Waals surface area contributed by atoms with Crippen LogP contribution in [-0.4, -0.2) is 31.7 Å². The van der Waals surface area contributed by atoms with Gasteiger partial charge >= 0.3 is 0 Å². The molecule has 184 valence electrons. The van der Waals surface area contributed by atoms with Crippen LogP contribution in [0, 0.1) is 0 Å². The molecule has 1 atom stereocenters. The molecule has 1 saturated heterocycles. The maximum atomic E-state index is 5.75. The smallest absolute Gasteiger partial charge is 0.163 e. The zero-order chi connectivity index (χ0) is 22.5. The molecule has 0 amide bonds. The zero-order valence-electron chi connectivity index (χ0n) is 21.3. The van der Waals surface area contributed by atoms with Crippen molar-refractivity contribution in [2.75, 3.05) is 19.8 Å². The van der Waals surface area contributed by atoms with Crippen LogP contribution in [0.25, 0.3) is 0 Å². The van der Waals surface area contributed by atoms with Gasteiger partial charge in [0.2, 0.25) is 0 Å². The fourth-order valence-corrected chi connectivity index (χ4v) is 4.22. The first-order valence-corrected chi connectivity index (χ1v) is 13.7. The lowest BCUT2D eigenvalue weighted by Crippen LogP contribution is -2.24. The normalized spacial score (nSPS) is 18.4. The van der Waals surface area contributed by atoms with Gasteiger partial charge in [-0.15, -0.1) is 0 Å². The van der Waals surface area contributed by atoms with Crippen molar-refractivity contribution in [1.82, 2.24) is 0 Å². The molecule has 3 nitrogen and oxygen atoms in total. The minimum atomic E-state index is -0.433. The largest absolute Gasteiger partial charge is 0.379 e. The van der Waals surface area contributed by atoms with E-state index in [1.165, 1.54) is 116 Å². The van der Waals surface area contributed by atoms with Crippen molar-refractivity contribution in [3.05, 3.63) is 12.2 Å². The first-order chi connectivity index (χ1) is 15.1. The van der Waals surface area contributed by atoms with Crippen LogP contribution in [0.3, 0.4) is 0 Å². The minimum Gasteiger partial charge on any atom is -0.379 e. The van der Waals surface area contributed by atoms with Gasteiger partial charge in [0.1, 0.15) is 6.10 Å². The second-order valence-electron chi connectivity index (χ2n) is 9.88. The van der Waals surface area contributed by atoms with Gasteiger partial charge in [0, 0.05) is 6.61 Å². The van der Waals surface area contributed by atoms with Crippen LogP contribution in [0.2, 0.25) is 0 Å². The second kappa shape index (κ2) is 20.2. The van der Waals surface area contributed by atoms with E-state index in [2.05, 4.69) is 19.1 Å².